The van der Waals surface area contributed by atoms with Crippen LogP contribution in [-0.2, 0) is 12.6 Å². The first-order valence-corrected chi connectivity index (χ1v) is 9.72. The highest BCUT2D eigenvalue weighted by molar-refractivity contribution is 14.0. The second kappa shape index (κ2) is 12.1. The first kappa shape index (κ1) is 25.3. The molecule has 0 amide bonds. The van der Waals surface area contributed by atoms with Crippen molar-refractivity contribution in [1.29, 1.82) is 0 Å². The maximum Gasteiger partial charge on any atom is 0.434 e. The Bertz CT molecular complexity index is 602. The fraction of sp³-hybridized carbons (Fsp3) is 0.750. The van der Waals surface area contributed by atoms with Crippen LogP contribution < -0.4 is 10.6 Å². The van der Waals surface area contributed by atoms with Gasteiger partial charge in [0.25, 0.3) is 6.43 Å². The summed E-state index contributed by atoms with van der Waals surface area (Å²) in [6.45, 7) is 3.87. The van der Waals surface area contributed by atoms with Crippen molar-refractivity contribution in [2.45, 2.75) is 44.8 Å². The molecule has 2 N–H and O–H groups in total. The maximum absolute atomic E-state index is 12.6. The van der Waals surface area contributed by atoms with E-state index in [0.29, 0.717) is 43.6 Å². The molecule has 12 heteroatoms. The van der Waals surface area contributed by atoms with Crippen molar-refractivity contribution < 1.29 is 22.0 Å². The van der Waals surface area contributed by atoms with Crippen LogP contribution in [0, 0.1) is 0 Å². The second-order valence-corrected chi connectivity index (χ2v) is 7.19. The van der Waals surface area contributed by atoms with Crippen molar-refractivity contribution in [1.82, 2.24) is 20.5 Å². The van der Waals surface area contributed by atoms with Gasteiger partial charge in [-0.3, -0.25) is 9.89 Å². The lowest BCUT2D eigenvalue weighted by atomic mass is 10.1. The SMILES string of the molecule is CCNC(=NCCc1nc(C(F)(F)F)cs1)NC1CCN(CC(F)F)CC1.I. The number of thiazole rings is 1. The van der Waals surface area contributed by atoms with Gasteiger partial charge in [-0.05, 0) is 19.8 Å². The Labute approximate surface area is 182 Å². The lowest BCUT2D eigenvalue weighted by molar-refractivity contribution is -0.140. The number of nitrogens with one attached hydrogen (secondary N) is 2. The van der Waals surface area contributed by atoms with Crippen LogP contribution in [0.2, 0.25) is 0 Å². The van der Waals surface area contributed by atoms with E-state index in [9.17, 15) is 22.0 Å². The minimum absolute atomic E-state index is 0. The van der Waals surface area contributed by atoms with Gasteiger partial charge < -0.3 is 10.6 Å². The molecule has 0 aliphatic carbocycles. The molecule has 28 heavy (non-hydrogen) atoms. The van der Waals surface area contributed by atoms with Crippen LogP contribution in [-0.4, -0.2) is 61.0 Å². The van der Waals surface area contributed by atoms with Crippen molar-refractivity contribution in [3.63, 3.8) is 0 Å². The summed E-state index contributed by atoms with van der Waals surface area (Å²) in [7, 11) is 0. The number of hydrogen-bond donors (Lipinski definition) is 2. The third-order valence-corrected chi connectivity index (χ3v) is 5.02. The second-order valence-electron chi connectivity index (χ2n) is 6.25. The molecule has 0 saturated carbocycles. The molecule has 0 spiro atoms. The third-order valence-electron chi connectivity index (χ3n) is 4.11. The quantitative estimate of drug-likeness (QED) is 0.240. The minimum atomic E-state index is -4.42. The van der Waals surface area contributed by atoms with Crippen LogP contribution >= 0.6 is 35.3 Å². The number of halogens is 6. The van der Waals surface area contributed by atoms with Crippen molar-refractivity contribution in [3.05, 3.63) is 16.1 Å². The Morgan fingerprint density at radius 3 is 2.57 bits per heavy atom. The Kier molecular flexibility index (Phi) is 10.9. The number of likely N-dealkylation sites (tertiary alicyclic amines) is 1. The zero-order valence-electron chi connectivity index (χ0n) is 15.4. The summed E-state index contributed by atoms with van der Waals surface area (Å²) in [6.07, 6.45) is -4.95. The normalized spacial score (nSPS) is 16.9. The van der Waals surface area contributed by atoms with Gasteiger partial charge in [-0.15, -0.1) is 35.3 Å². The standard InChI is InChI=1S/C16H24F5N5S.HI/c1-2-22-15(24-11-4-7-26(8-5-11)9-13(17)18)23-6-3-14-25-12(10-27-14)16(19,20)21;/h10-11,13H,2-9H2,1H3,(H2,22,23,24);1H. The number of nitrogens with zero attached hydrogens (tertiary/aromatic N) is 3. The van der Waals surface area contributed by atoms with Crippen LogP contribution in [0.5, 0.6) is 0 Å². The van der Waals surface area contributed by atoms with Gasteiger partial charge in [0, 0.05) is 44.0 Å². The molecule has 1 aliphatic rings. The van der Waals surface area contributed by atoms with Gasteiger partial charge in [-0.2, -0.15) is 13.2 Å². The van der Waals surface area contributed by atoms with Crippen LogP contribution in [0.1, 0.15) is 30.5 Å². The predicted molar refractivity (Wildman–Crippen MR) is 111 cm³/mol. The largest absolute Gasteiger partial charge is 0.434 e. The topological polar surface area (TPSA) is 52.6 Å². The Morgan fingerprint density at radius 1 is 1.36 bits per heavy atom. The molecule has 0 unspecified atom stereocenters. The van der Waals surface area contributed by atoms with Crippen molar-refractivity contribution in [2.24, 2.45) is 4.99 Å². The summed E-state index contributed by atoms with van der Waals surface area (Å²) in [4.78, 5) is 9.72. The molecule has 1 saturated heterocycles. The van der Waals surface area contributed by atoms with E-state index < -0.39 is 18.3 Å². The van der Waals surface area contributed by atoms with Gasteiger partial charge in [0.2, 0.25) is 0 Å². The summed E-state index contributed by atoms with van der Waals surface area (Å²) in [5.41, 5.74) is -0.868. The molecule has 0 radical (unpaired) electrons. The van der Waals surface area contributed by atoms with Gasteiger partial charge in [0.05, 0.1) is 11.6 Å². The summed E-state index contributed by atoms with van der Waals surface area (Å²) < 4.78 is 62.5. The summed E-state index contributed by atoms with van der Waals surface area (Å²) in [6, 6.07) is 0.133. The first-order chi connectivity index (χ1) is 12.8. The molecule has 1 fully saturated rings. The van der Waals surface area contributed by atoms with Crippen LogP contribution in [0.3, 0.4) is 0 Å². The Morgan fingerprint density at radius 2 is 2.04 bits per heavy atom. The molecule has 2 heterocycles. The van der Waals surface area contributed by atoms with Gasteiger partial charge >= 0.3 is 6.18 Å². The van der Waals surface area contributed by atoms with E-state index in [2.05, 4.69) is 20.6 Å². The van der Waals surface area contributed by atoms with E-state index in [-0.39, 0.29) is 36.6 Å². The van der Waals surface area contributed by atoms with Crippen molar-refractivity contribution >= 4 is 41.3 Å². The van der Waals surface area contributed by atoms with E-state index in [0.717, 1.165) is 29.6 Å². The number of alkyl halides is 5. The monoisotopic (exact) mass is 541 g/mol. The number of hydrogen-bond acceptors (Lipinski definition) is 4. The highest BCUT2D eigenvalue weighted by Crippen LogP contribution is 2.30. The third kappa shape index (κ3) is 8.72. The van der Waals surface area contributed by atoms with Gasteiger partial charge in [0.15, 0.2) is 11.7 Å². The van der Waals surface area contributed by atoms with Crippen molar-refractivity contribution in [3.8, 4) is 0 Å². The molecule has 1 aliphatic heterocycles. The van der Waals surface area contributed by atoms with E-state index in [1.807, 2.05) is 6.92 Å². The summed E-state index contributed by atoms with van der Waals surface area (Å²) >= 11 is 0.974. The minimum Gasteiger partial charge on any atom is -0.357 e. The number of piperidine rings is 1. The van der Waals surface area contributed by atoms with Gasteiger partial charge in [-0.25, -0.2) is 13.8 Å². The fourth-order valence-corrected chi connectivity index (χ4v) is 3.58. The van der Waals surface area contributed by atoms with E-state index in [4.69, 9.17) is 0 Å². The maximum atomic E-state index is 12.6. The molecule has 2 rings (SSSR count). The lowest BCUT2D eigenvalue weighted by Crippen LogP contribution is -2.49. The molecular formula is C16H25F5IN5S. The first-order valence-electron chi connectivity index (χ1n) is 8.85. The van der Waals surface area contributed by atoms with Gasteiger partial charge in [0.1, 0.15) is 0 Å². The number of rotatable bonds is 7. The van der Waals surface area contributed by atoms with Crippen LogP contribution in [0.25, 0.3) is 0 Å². The lowest BCUT2D eigenvalue weighted by Gasteiger charge is -2.32. The summed E-state index contributed by atoms with van der Waals surface area (Å²) in [5, 5.41) is 7.77. The Hall–Kier alpha value is -0.760. The molecule has 0 bridgehead atoms. The molecule has 1 aromatic rings. The fourth-order valence-electron chi connectivity index (χ4n) is 2.79. The zero-order valence-corrected chi connectivity index (χ0v) is 18.6. The number of aliphatic imine (C=N–C) groups is 1. The van der Waals surface area contributed by atoms with Gasteiger partial charge in [-0.1, -0.05) is 0 Å². The number of aromatic nitrogens is 1. The molecule has 0 aromatic carbocycles. The Balaban J connectivity index is 0.00000392. The molecule has 5 nitrogen and oxygen atoms in total. The molecule has 162 valence electrons. The molecule has 0 atom stereocenters. The average Bonchev–Trinajstić information content (AvgIpc) is 3.05. The predicted octanol–water partition coefficient (Wildman–Crippen LogP) is 3.61. The molecule has 1 aromatic heterocycles. The van der Waals surface area contributed by atoms with E-state index >= 15 is 0 Å². The van der Waals surface area contributed by atoms with Crippen LogP contribution in [0.15, 0.2) is 10.4 Å². The zero-order chi connectivity index (χ0) is 19.9. The smallest absolute Gasteiger partial charge is 0.357 e. The summed E-state index contributed by atoms with van der Waals surface area (Å²) in [5.74, 6) is 0.581. The molecular weight excluding hydrogens is 516 g/mol. The highest BCUT2D eigenvalue weighted by atomic mass is 127. The average molecular weight is 541 g/mol. The van der Waals surface area contributed by atoms with E-state index in [1.54, 1.807) is 4.90 Å². The van der Waals surface area contributed by atoms with Crippen molar-refractivity contribution in [2.75, 3.05) is 32.7 Å². The van der Waals surface area contributed by atoms with E-state index in [1.165, 1.54) is 0 Å². The van der Waals surface area contributed by atoms with Crippen LogP contribution in [0.4, 0.5) is 22.0 Å². The number of guanidine groups is 1. The highest BCUT2D eigenvalue weighted by Gasteiger charge is 2.33.